The first kappa shape index (κ1) is 11.2. The quantitative estimate of drug-likeness (QED) is 0.500. The van der Waals surface area contributed by atoms with Crippen molar-refractivity contribution in [1.82, 2.24) is 0 Å². The highest BCUT2D eigenvalue weighted by Gasteiger charge is 1.98. The number of carbonyl (C=O) groups is 1. The Balaban J connectivity index is 3.43. The molecule has 3 nitrogen and oxygen atoms in total. The third-order valence-electron chi connectivity index (χ3n) is 1.65. The van der Waals surface area contributed by atoms with Crippen LogP contribution >= 0.6 is 0 Å². The van der Waals surface area contributed by atoms with Crippen molar-refractivity contribution in [1.29, 1.82) is 0 Å². The van der Waals surface area contributed by atoms with E-state index in [4.69, 9.17) is 5.73 Å². The fraction of sp³-hybridized carbons (Fsp3) is 0.667. The van der Waals surface area contributed by atoms with Gasteiger partial charge in [0.1, 0.15) is 0 Å². The van der Waals surface area contributed by atoms with Crippen LogP contribution in [0.5, 0.6) is 0 Å². The number of nitrogens with two attached hydrogens (primary N) is 1. The van der Waals surface area contributed by atoms with Crippen molar-refractivity contribution in [3.8, 4) is 0 Å². The standard InChI is InChI=1S/C9H17NO2/c1-8(6-7-10)4-3-5-9(11)12-2/h6H,3-5,7,10H2,1-2H3/b8-6+. The summed E-state index contributed by atoms with van der Waals surface area (Å²) >= 11 is 0. The summed E-state index contributed by atoms with van der Waals surface area (Å²) in [5.41, 5.74) is 6.56. The van der Waals surface area contributed by atoms with Gasteiger partial charge in [0.15, 0.2) is 0 Å². The van der Waals surface area contributed by atoms with E-state index in [0.717, 1.165) is 12.8 Å². The molecule has 0 saturated heterocycles. The summed E-state index contributed by atoms with van der Waals surface area (Å²) in [6, 6.07) is 0. The van der Waals surface area contributed by atoms with E-state index in [9.17, 15) is 4.79 Å². The van der Waals surface area contributed by atoms with Crippen molar-refractivity contribution in [2.24, 2.45) is 5.73 Å². The third kappa shape index (κ3) is 5.92. The molecule has 0 bridgehead atoms. The molecule has 0 unspecified atom stereocenters. The molecule has 0 aromatic heterocycles. The lowest BCUT2D eigenvalue weighted by Gasteiger charge is -1.99. The van der Waals surface area contributed by atoms with Gasteiger partial charge < -0.3 is 10.5 Å². The predicted molar refractivity (Wildman–Crippen MR) is 48.7 cm³/mol. The SMILES string of the molecule is COC(=O)CCC/C(C)=C/CN. The average molecular weight is 171 g/mol. The van der Waals surface area contributed by atoms with Crippen LogP contribution in [-0.2, 0) is 9.53 Å². The van der Waals surface area contributed by atoms with E-state index in [-0.39, 0.29) is 5.97 Å². The van der Waals surface area contributed by atoms with Gasteiger partial charge >= 0.3 is 5.97 Å². The summed E-state index contributed by atoms with van der Waals surface area (Å²) in [5.74, 6) is -0.143. The van der Waals surface area contributed by atoms with Gasteiger partial charge in [0.05, 0.1) is 7.11 Å². The molecule has 0 aromatic carbocycles. The summed E-state index contributed by atoms with van der Waals surface area (Å²) in [5, 5.41) is 0. The normalized spacial score (nSPS) is 11.4. The largest absolute Gasteiger partial charge is 0.469 e. The summed E-state index contributed by atoms with van der Waals surface area (Å²) in [4.78, 5) is 10.7. The zero-order valence-corrected chi connectivity index (χ0v) is 7.80. The Kier molecular flexibility index (Phi) is 6.38. The minimum atomic E-state index is -0.143. The fourth-order valence-electron chi connectivity index (χ4n) is 0.917. The second-order valence-corrected chi connectivity index (χ2v) is 2.72. The Morgan fingerprint density at radius 3 is 2.67 bits per heavy atom. The Labute approximate surface area is 73.6 Å². The van der Waals surface area contributed by atoms with Crippen LogP contribution in [0.1, 0.15) is 26.2 Å². The van der Waals surface area contributed by atoms with Crippen LogP contribution in [0.3, 0.4) is 0 Å². The van der Waals surface area contributed by atoms with Crippen LogP contribution in [0.2, 0.25) is 0 Å². The molecule has 0 fully saturated rings. The molecule has 70 valence electrons. The van der Waals surface area contributed by atoms with E-state index in [2.05, 4.69) is 4.74 Å². The van der Waals surface area contributed by atoms with Crippen molar-refractivity contribution in [3.05, 3.63) is 11.6 Å². The molecule has 0 spiro atoms. The minimum absolute atomic E-state index is 0.143. The van der Waals surface area contributed by atoms with E-state index < -0.39 is 0 Å². The Morgan fingerprint density at radius 2 is 2.17 bits per heavy atom. The van der Waals surface area contributed by atoms with Gasteiger partial charge in [0.25, 0.3) is 0 Å². The molecule has 0 aliphatic carbocycles. The van der Waals surface area contributed by atoms with Crippen molar-refractivity contribution in [2.45, 2.75) is 26.2 Å². The molecule has 12 heavy (non-hydrogen) atoms. The lowest BCUT2D eigenvalue weighted by Crippen LogP contribution is -2.00. The third-order valence-corrected chi connectivity index (χ3v) is 1.65. The molecular formula is C9H17NO2. The van der Waals surface area contributed by atoms with E-state index in [1.807, 2.05) is 13.0 Å². The number of carbonyl (C=O) groups excluding carboxylic acids is 1. The van der Waals surface area contributed by atoms with Gasteiger partial charge in [-0.2, -0.15) is 0 Å². The number of hydrogen-bond donors (Lipinski definition) is 1. The number of ether oxygens (including phenoxy) is 1. The van der Waals surface area contributed by atoms with Crippen molar-refractivity contribution >= 4 is 5.97 Å². The zero-order chi connectivity index (χ0) is 9.40. The smallest absolute Gasteiger partial charge is 0.305 e. The summed E-state index contributed by atoms with van der Waals surface area (Å²) in [6.07, 6.45) is 4.23. The van der Waals surface area contributed by atoms with Crippen LogP contribution in [0.25, 0.3) is 0 Å². The molecule has 0 atom stereocenters. The number of methoxy groups -OCH3 is 1. The molecule has 0 rings (SSSR count). The summed E-state index contributed by atoms with van der Waals surface area (Å²) < 4.78 is 4.51. The lowest BCUT2D eigenvalue weighted by molar-refractivity contribution is -0.140. The minimum Gasteiger partial charge on any atom is -0.469 e. The van der Waals surface area contributed by atoms with Crippen molar-refractivity contribution in [2.75, 3.05) is 13.7 Å². The van der Waals surface area contributed by atoms with Gasteiger partial charge in [-0.05, 0) is 19.8 Å². The first-order valence-corrected chi connectivity index (χ1v) is 4.13. The maximum absolute atomic E-state index is 10.7. The van der Waals surface area contributed by atoms with Crippen LogP contribution in [-0.4, -0.2) is 19.6 Å². The van der Waals surface area contributed by atoms with Gasteiger partial charge in [-0.15, -0.1) is 0 Å². The lowest BCUT2D eigenvalue weighted by atomic mass is 10.1. The molecule has 0 radical (unpaired) electrons. The van der Waals surface area contributed by atoms with E-state index >= 15 is 0 Å². The van der Waals surface area contributed by atoms with Gasteiger partial charge in [-0.3, -0.25) is 4.79 Å². The van der Waals surface area contributed by atoms with Crippen LogP contribution in [0.4, 0.5) is 0 Å². The second kappa shape index (κ2) is 6.85. The monoisotopic (exact) mass is 171 g/mol. The molecule has 0 saturated carbocycles. The number of hydrogen-bond acceptors (Lipinski definition) is 3. The topological polar surface area (TPSA) is 52.3 Å². The maximum atomic E-state index is 10.7. The number of rotatable bonds is 5. The number of esters is 1. The molecular weight excluding hydrogens is 154 g/mol. The molecule has 0 heterocycles. The summed E-state index contributed by atoms with van der Waals surface area (Å²) in [6.45, 7) is 2.59. The van der Waals surface area contributed by atoms with Crippen LogP contribution in [0.15, 0.2) is 11.6 Å². The molecule has 0 aromatic rings. The Hall–Kier alpha value is -0.830. The van der Waals surface area contributed by atoms with Crippen molar-refractivity contribution in [3.63, 3.8) is 0 Å². The van der Waals surface area contributed by atoms with E-state index in [0.29, 0.717) is 13.0 Å². The molecule has 2 N–H and O–H groups in total. The Bertz CT molecular complexity index is 164. The molecule has 3 heteroatoms. The molecule has 0 amide bonds. The van der Waals surface area contributed by atoms with Gasteiger partial charge in [0.2, 0.25) is 0 Å². The van der Waals surface area contributed by atoms with Gasteiger partial charge in [-0.1, -0.05) is 11.6 Å². The first-order valence-electron chi connectivity index (χ1n) is 4.13. The predicted octanol–water partition coefficient (Wildman–Crippen LogP) is 1.23. The maximum Gasteiger partial charge on any atom is 0.305 e. The summed E-state index contributed by atoms with van der Waals surface area (Å²) in [7, 11) is 1.41. The van der Waals surface area contributed by atoms with Gasteiger partial charge in [-0.25, -0.2) is 0 Å². The average Bonchev–Trinajstić information content (AvgIpc) is 2.04. The molecule has 0 aliphatic heterocycles. The van der Waals surface area contributed by atoms with Crippen molar-refractivity contribution < 1.29 is 9.53 Å². The second-order valence-electron chi connectivity index (χ2n) is 2.72. The highest BCUT2D eigenvalue weighted by Crippen LogP contribution is 2.05. The highest BCUT2D eigenvalue weighted by atomic mass is 16.5. The van der Waals surface area contributed by atoms with Crippen LogP contribution in [0, 0.1) is 0 Å². The van der Waals surface area contributed by atoms with Crippen LogP contribution < -0.4 is 5.73 Å². The fourth-order valence-corrected chi connectivity index (χ4v) is 0.917. The van der Waals surface area contributed by atoms with Gasteiger partial charge in [0, 0.05) is 13.0 Å². The van der Waals surface area contributed by atoms with E-state index in [1.165, 1.54) is 12.7 Å². The van der Waals surface area contributed by atoms with E-state index in [1.54, 1.807) is 0 Å². The zero-order valence-electron chi connectivity index (χ0n) is 7.80. The highest BCUT2D eigenvalue weighted by molar-refractivity contribution is 5.69. The number of allylic oxidation sites excluding steroid dienone is 1. The molecule has 0 aliphatic rings. The Morgan fingerprint density at radius 1 is 1.50 bits per heavy atom. The first-order chi connectivity index (χ1) is 5.70.